The number of ether oxygens (including phenoxy) is 1. The van der Waals surface area contributed by atoms with Gasteiger partial charge in [-0.25, -0.2) is 16.8 Å². The molecular formula is C16H14Na2O9S2. The van der Waals surface area contributed by atoms with E-state index in [0.717, 1.165) is 24.3 Å². The minimum Gasteiger partial charge on any atom is -0.744 e. The minimum absolute atomic E-state index is 0. The molecule has 0 aliphatic heterocycles. The maximum atomic E-state index is 12.1. The van der Waals surface area contributed by atoms with Gasteiger partial charge in [-0.05, 0) is 48.0 Å². The van der Waals surface area contributed by atoms with Gasteiger partial charge < -0.3 is 19.3 Å². The van der Waals surface area contributed by atoms with Gasteiger partial charge in [-0.1, -0.05) is 12.1 Å². The van der Waals surface area contributed by atoms with E-state index < -0.39 is 35.8 Å². The summed E-state index contributed by atoms with van der Waals surface area (Å²) < 4.78 is 71.1. The molecule has 0 aliphatic carbocycles. The Morgan fingerprint density at radius 3 is 1.93 bits per heavy atom. The van der Waals surface area contributed by atoms with Crippen molar-refractivity contribution >= 4 is 32.1 Å². The average Bonchev–Trinajstić information content (AvgIpc) is 2.58. The molecule has 2 aromatic rings. The average molecular weight is 460 g/mol. The van der Waals surface area contributed by atoms with Crippen LogP contribution in [0, 0.1) is 0 Å². The van der Waals surface area contributed by atoms with Crippen LogP contribution in [-0.2, 0) is 20.2 Å². The molecule has 0 saturated heterocycles. The maximum Gasteiger partial charge on any atom is 1.00 e. The van der Waals surface area contributed by atoms with Crippen LogP contribution in [0.1, 0.15) is 15.9 Å². The van der Waals surface area contributed by atoms with Crippen molar-refractivity contribution in [3.8, 4) is 5.75 Å². The molecule has 13 heteroatoms. The Morgan fingerprint density at radius 1 is 0.931 bits per heavy atom. The van der Waals surface area contributed by atoms with Crippen molar-refractivity contribution in [2.45, 2.75) is 9.79 Å². The Kier molecular flexibility index (Phi) is 13.0. The van der Waals surface area contributed by atoms with E-state index in [9.17, 15) is 30.7 Å². The van der Waals surface area contributed by atoms with Gasteiger partial charge in [0.05, 0.1) is 16.9 Å². The first kappa shape index (κ1) is 30.6. The standard InChI is InChI=1S/C16H14O8S2.2Na.H2O/c1-24-15-9-3-11(10-16(15)26(21,22)23)2-8-14(17)12-4-6-13(7-5-12)25(18,19)20;;;/h2-10H,1H3,(H,18,19,20)(H,21,22,23);;;1H2/q;2*+1;/p-2/b8-2+;;;. The van der Waals surface area contributed by atoms with Crippen LogP contribution < -0.4 is 63.9 Å². The Morgan fingerprint density at radius 2 is 1.48 bits per heavy atom. The van der Waals surface area contributed by atoms with Crippen molar-refractivity contribution in [2.75, 3.05) is 7.11 Å². The van der Waals surface area contributed by atoms with Crippen LogP contribution in [0.5, 0.6) is 5.75 Å². The summed E-state index contributed by atoms with van der Waals surface area (Å²) in [4.78, 5) is 11.0. The molecule has 0 aromatic heterocycles. The zero-order valence-electron chi connectivity index (χ0n) is 15.8. The molecule has 2 N–H and O–H groups in total. The SMILES string of the molecule is COc1ccc(/C=C/C(=O)c2ccc(S(=O)(=O)[O-])cc2)cc1S(=O)(=O)[O-].O.[Na+].[Na+]. The van der Waals surface area contributed by atoms with Gasteiger partial charge in [0.2, 0.25) is 0 Å². The Labute approximate surface area is 212 Å². The molecule has 0 atom stereocenters. The minimum atomic E-state index is -4.76. The van der Waals surface area contributed by atoms with E-state index in [1.54, 1.807) is 0 Å². The third kappa shape index (κ3) is 8.59. The molecule has 2 aromatic carbocycles. The molecule has 146 valence electrons. The van der Waals surface area contributed by atoms with E-state index in [0.29, 0.717) is 0 Å². The zero-order chi connectivity index (χ0) is 19.5. The van der Waals surface area contributed by atoms with E-state index in [-0.39, 0.29) is 81.5 Å². The summed E-state index contributed by atoms with van der Waals surface area (Å²) in [5, 5.41) is 0. The summed E-state index contributed by atoms with van der Waals surface area (Å²) in [5.41, 5.74) is 0.395. The fourth-order valence-electron chi connectivity index (χ4n) is 2.05. The van der Waals surface area contributed by atoms with E-state index in [1.807, 2.05) is 0 Å². The monoisotopic (exact) mass is 460 g/mol. The van der Waals surface area contributed by atoms with Crippen molar-refractivity contribution in [1.29, 1.82) is 0 Å². The summed E-state index contributed by atoms with van der Waals surface area (Å²) in [6, 6.07) is 8.18. The number of ketones is 1. The number of hydrogen-bond acceptors (Lipinski definition) is 8. The second kappa shape index (κ2) is 12.3. The summed E-state index contributed by atoms with van der Waals surface area (Å²) >= 11 is 0. The van der Waals surface area contributed by atoms with Crippen LogP contribution in [0.3, 0.4) is 0 Å². The van der Waals surface area contributed by atoms with Gasteiger partial charge in [0.15, 0.2) is 5.78 Å². The molecule has 0 saturated carbocycles. The molecule has 0 unspecified atom stereocenters. The third-order valence-electron chi connectivity index (χ3n) is 3.31. The molecule has 0 amide bonds. The molecule has 0 heterocycles. The number of carbonyl (C=O) groups excluding carboxylic acids is 1. The van der Waals surface area contributed by atoms with Crippen molar-refractivity contribution < 1.29 is 100 Å². The first-order valence-electron chi connectivity index (χ1n) is 6.94. The molecule has 9 nitrogen and oxygen atoms in total. The number of carbonyl (C=O) groups is 1. The van der Waals surface area contributed by atoms with E-state index in [4.69, 9.17) is 4.74 Å². The van der Waals surface area contributed by atoms with Gasteiger partial charge in [-0.15, -0.1) is 0 Å². The number of rotatable bonds is 6. The van der Waals surface area contributed by atoms with Gasteiger partial charge in [-0.2, -0.15) is 0 Å². The molecule has 2 rings (SSSR count). The van der Waals surface area contributed by atoms with Crippen LogP contribution in [0.15, 0.2) is 58.3 Å². The summed E-state index contributed by atoms with van der Waals surface area (Å²) in [5.74, 6) is -0.625. The van der Waals surface area contributed by atoms with Gasteiger partial charge >= 0.3 is 59.1 Å². The fourth-order valence-corrected chi connectivity index (χ4v) is 3.19. The Bertz CT molecular complexity index is 1080. The van der Waals surface area contributed by atoms with E-state index in [2.05, 4.69) is 0 Å². The van der Waals surface area contributed by atoms with Crippen molar-refractivity contribution in [3.05, 3.63) is 59.7 Å². The summed E-state index contributed by atoms with van der Waals surface area (Å²) in [6.07, 6.45) is 2.40. The second-order valence-corrected chi connectivity index (χ2v) is 7.77. The molecule has 29 heavy (non-hydrogen) atoms. The zero-order valence-corrected chi connectivity index (χ0v) is 21.4. The Hall–Kier alpha value is -0.570. The van der Waals surface area contributed by atoms with Crippen LogP contribution in [0.4, 0.5) is 0 Å². The van der Waals surface area contributed by atoms with Crippen LogP contribution in [0.2, 0.25) is 0 Å². The van der Waals surface area contributed by atoms with Crippen LogP contribution in [0.25, 0.3) is 6.08 Å². The summed E-state index contributed by atoms with van der Waals surface area (Å²) in [6.45, 7) is 0. The summed E-state index contributed by atoms with van der Waals surface area (Å²) in [7, 11) is -8.14. The topological polar surface area (TPSA) is 172 Å². The van der Waals surface area contributed by atoms with Gasteiger partial charge in [0.25, 0.3) is 0 Å². The predicted octanol–water partition coefficient (Wildman–Crippen LogP) is -5.42. The Balaban J connectivity index is 0. The first-order valence-corrected chi connectivity index (χ1v) is 9.76. The largest absolute Gasteiger partial charge is 1.00 e. The smallest absolute Gasteiger partial charge is 0.744 e. The molecule has 0 fully saturated rings. The van der Waals surface area contributed by atoms with Crippen LogP contribution in [-0.4, -0.2) is 44.3 Å². The van der Waals surface area contributed by atoms with Crippen molar-refractivity contribution in [3.63, 3.8) is 0 Å². The second-order valence-electron chi connectivity index (χ2n) is 5.04. The molecular weight excluding hydrogens is 446 g/mol. The predicted molar refractivity (Wildman–Crippen MR) is 92.3 cm³/mol. The number of benzene rings is 2. The van der Waals surface area contributed by atoms with Crippen molar-refractivity contribution in [2.24, 2.45) is 0 Å². The van der Waals surface area contributed by atoms with Crippen LogP contribution >= 0.6 is 0 Å². The van der Waals surface area contributed by atoms with Gasteiger partial charge in [0, 0.05) is 5.56 Å². The quantitative estimate of drug-likeness (QED) is 0.178. The van der Waals surface area contributed by atoms with Crippen molar-refractivity contribution in [1.82, 2.24) is 0 Å². The first-order chi connectivity index (χ1) is 12.0. The fraction of sp³-hybridized carbons (Fsp3) is 0.0625. The number of methoxy groups -OCH3 is 1. The normalized spacial score (nSPS) is 11.0. The molecule has 0 aliphatic rings. The van der Waals surface area contributed by atoms with Gasteiger partial charge in [-0.3, -0.25) is 4.79 Å². The number of hydrogen-bond donors (Lipinski definition) is 0. The third-order valence-corrected chi connectivity index (χ3v) is 5.02. The molecule has 0 spiro atoms. The molecule has 0 bridgehead atoms. The van der Waals surface area contributed by atoms with E-state index >= 15 is 0 Å². The number of allylic oxidation sites excluding steroid dienone is 1. The van der Waals surface area contributed by atoms with E-state index in [1.165, 1.54) is 37.5 Å². The molecule has 0 radical (unpaired) electrons. The van der Waals surface area contributed by atoms with Gasteiger partial charge in [0.1, 0.15) is 26.0 Å². The maximum absolute atomic E-state index is 12.1.